The number of ether oxygens (including phenoxy) is 1. The second-order valence-corrected chi connectivity index (χ2v) is 4.68. The fourth-order valence-corrected chi connectivity index (χ4v) is 1.96. The fraction of sp³-hybridized carbons (Fsp3) is 0.400. The molecule has 21 heavy (non-hydrogen) atoms. The molecule has 0 aliphatic rings. The monoisotopic (exact) mass is 288 g/mol. The highest BCUT2D eigenvalue weighted by Gasteiger charge is 2.07. The Morgan fingerprint density at radius 1 is 1.38 bits per heavy atom. The van der Waals surface area contributed by atoms with Crippen LogP contribution >= 0.6 is 0 Å². The van der Waals surface area contributed by atoms with Gasteiger partial charge in [0.25, 0.3) is 0 Å². The third kappa shape index (κ3) is 4.13. The van der Waals surface area contributed by atoms with Crippen molar-refractivity contribution >= 4 is 5.97 Å². The molecule has 0 aliphatic heterocycles. The highest BCUT2D eigenvalue weighted by atomic mass is 16.5. The Morgan fingerprint density at radius 3 is 2.90 bits per heavy atom. The van der Waals surface area contributed by atoms with Crippen molar-refractivity contribution in [1.82, 2.24) is 19.9 Å². The lowest BCUT2D eigenvalue weighted by Gasteiger charge is -2.08. The largest absolute Gasteiger partial charge is 0.465 e. The van der Waals surface area contributed by atoms with Crippen molar-refractivity contribution < 1.29 is 9.53 Å². The lowest BCUT2D eigenvalue weighted by molar-refractivity contribution is 0.0600. The average molecular weight is 288 g/mol. The molecule has 0 saturated heterocycles. The first-order valence-corrected chi connectivity index (χ1v) is 6.98. The second-order valence-electron chi connectivity index (χ2n) is 4.68. The molecule has 6 nitrogen and oxygen atoms in total. The van der Waals surface area contributed by atoms with Gasteiger partial charge in [0, 0.05) is 18.6 Å². The number of imidazole rings is 1. The molecule has 2 rings (SSSR count). The summed E-state index contributed by atoms with van der Waals surface area (Å²) in [5, 5.41) is 3.33. The number of nitrogens with zero attached hydrogens (tertiary/aromatic N) is 3. The van der Waals surface area contributed by atoms with Crippen molar-refractivity contribution in [3.05, 3.63) is 47.8 Å². The number of methoxy groups -OCH3 is 1. The number of nitrogens with one attached hydrogen (secondary N) is 1. The zero-order chi connectivity index (χ0) is 15.1. The van der Waals surface area contributed by atoms with E-state index in [0.29, 0.717) is 12.1 Å². The van der Waals surface area contributed by atoms with E-state index < -0.39 is 0 Å². The third-order valence-corrected chi connectivity index (χ3v) is 3.09. The molecule has 0 fully saturated rings. The zero-order valence-corrected chi connectivity index (χ0v) is 12.4. The Balaban J connectivity index is 2.01. The molecule has 0 aliphatic carbocycles. The third-order valence-electron chi connectivity index (χ3n) is 3.09. The van der Waals surface area contributed by atoms with E-state index in [-0.39, 0.29) is 5.97 Å². The molecule has 2 aromatic heterocycles. The molecule has 112 valence electrons. The normalized spacial score (nSPS) is 10.6. The quantitative estimate of drug-likeness (QED) is 0.619. The lowest BCUT2D eigenvalue weighted by atomic mass is 10.2. The standard InChI is InChI=1S/C15H20N4O2/c1-3-6-16-10-14-17-7-8-19(14)11-13-5-4-12(9-18-13)15(20)21-2/h4-5,7-9,16H,3,6,10-11H2,1-2H3. The van der Waals surface area contributed by atoms with Crippen LogP contribution in [0.4, 0.5) is 0 Å². The van der Waals surface area contributed by atoms with Crippen LogP contribution in [0.15, 0.2) is 30.7 Å². The lowest BCUT2D eigenvalue weighted by Crippen LogP contribution is -2.18. The summed E-state index contributed by atoms with van der Waals surface area (Å²) in [4.78, 5) is 20.0. The SMILES string of the molecule is CCCNCc1nccn1Cc1ccc(C(=O)OC)cn1. The number of hydrogen-bond acceptors (Lipinski definition) is 5. The van der Waals surface area contributed by atoms with E-state index in [4.69, 9.17) is 0 Å². The van der Waals surface area contributed by atoms with Gasteiger partial charge in [-0.2, -0.15) is 0 Å². The van der Waals surface area contributed by atoms with Gasteiger partial charge < -0.3 is 14.6 Å². The van der Waals surface area contributed by atoms with Gasteiger partial charge in [-0.05, 0) is 25.1 Å². The van der Waals surface area contributed by atoms with E-state index in [2.05, 4.69) is 26.9 Å². The van der Waals surface area contributed by atoms with Crippen LogP contribution in [0.5, 0.6) is 0 Å². The summed E-state index contributed by atoms with van der Waals surface area (Å²) in [6.45, 7) is 4.47. The van der Waals surface area contributed by atoms with E-state index in [0.717, 1.165) is 31.0 Å². The minimum absolute atomic E-state index is 0.374. The Bertz CT molecular complexity index is 578. The summed E-state index contributed by atoms with van der Waals surface area (Å²) in [5.41, 5.74) is 1.33. The van der Waals surface area contributed by atoms with Crippen molar-refractivity contribution in [2.24, 2.45) is 0 Å². The van der Waals surface area contributed by atoms with Crippen molar-refractivity contribution in [3.8, 4) is 0 Å². The summed E-state index contributed by atoms with van der Waals surface area (Å²) in [6, 6.07) is 3.55. The number of aromatic nitrogens is 3. The Morgan fingerprint density at radius 2 is 2.24 bits per heavy atom. The molecule has 2 aromatic rings. The second kappa shape index (κ2) is 7.54. The first kappa shape index (κ1) is 15.2. The maximum atomic E-state index is 11.4. The number of carbonyl (C=O) groups is 1. The predicted molar refractivity (Wildman–Crippen MR) is 78.9 cm³/mol. The Hall–Kier alpha value is -2.21. The van der Waals surface area contributed by atoms with E-state index in [1.54, 1.807) is 12.3 Å². The Labute approximate surface area is 124 Å². The van der Waals surface area contributed by atoms with Gasteiger partial charge in [0.15, 0.2) is 0 Å². The van der Waals surface area contributed by atoms with Crippen molar-refractivity contribution in [2.75, 3.05) is 13.7 Å². The van der Waals surface area contributed by atoms with E-state index in [1.807, 2.05) is 16.8 Å². The molecule has 0 aromatic carbocycles. The molecule has 0 bridgehead atoms. The topological polar surface area (TPSA) is 69.0 Å². The minimum atomic E-state index is -0.374. The van der Waals surface area contributed by atoms with Gasteiger partial charge in [-0.15, -0.1) is 0 Å². The van der Waals surface area contributed by atoms with E-state index in [1.165, 1.54) is 13.3 Å². The van der Waals surface area contributed by atoms with Gasteiger partial charge in [0.05, 0.1) is 31.5 Å². The fourth-order valence-electron chi connectivity index (χ4n) is 1.96. The summed E-state index contributed by atoms with van der Waals surface area (Å²) in [6.07, 6.45) is 6.34. The Kier molecular flexibility index (Phi) is 5.45. The van der Waals surface area contributed by atoms with Gasteiger partial charge in [0.2, 0.25) is 0 Å². The maximum absolute atomic E-state index is 11.4. The molecule has 1 N–H and O–H groups in total. The number of esters is 1. The van der Waals surface area contributed by atoms with Gasteiger partial charge >= 0.3 is 5.97 Å². The summed E-state index contributed by atoms with van der Waals surface area (Å²) >= 11 is 0. The number of hydrogen-bond donors (Lipinski definition) is 1. The van der Waals surface area contributed by atoms with Crippen LogP contribution in [0.3, 0.4) is 0 Å². The molecule has 0 spiro atoms. The molecular weight excluding hydrogens is 268 g/mol. The van der Waals surface area contributed by atoms with Crippen LogP contribution in [0, 0.1) is 0 Å². The molecule has 0 radical (unpaired) electrons. The zero-order valence-electron chi connectivity index (χ0n) is 12.4. The van der Waals surface area contributed by atoms with Gasteiger partial charge in [-0.3, -0.25) is 4.98 Å². The van der Waals surface area contributed by atoms with E-state index >= 15 is 0 Å². The first-order chi connectivity index (χ1) is 10.2. The summed E-state index contributed by atoms with van der Waals surface area (Å²) < 4.78 is 6.70. The number of pyridine rings is 1. The molecule has 0 saturated carbocycles. The average Bonchev–Trinajstić information content (AvgIpc) is 2.95. The van der Waals surface area contributed by atoms with E-state index in [9.17, 15) is 4.79 Å². The number of carbonyl (C=O) groups excluding carboxylic acids is 1. The first-order valence-electron chi connectivity index (χ1n) is 6.98. The van der Waals surface area contributed by atoms with Crippen molar-refractivity contribution in [2.45, 2.75) is 26.4 Å². The molecular formula is C15H20N4O2. The van der Waals surface area contributed by atoms with Crippen LogP contribution in [-0.2, 0) is 17.8 Å². The smallest absolute Gasteiger partial charge is 0.339 e. The number of rotatable bonds is 7. The van der Waals surface area contributed by atoms with Crippen LogP contribution in [0.1, 0.15) is 35.2 Å². The molecule has 0 amide bonds. The van der Waals surface area contributed by atoms with Crippen LogP contribution in [-0.4, -0.2) is 34.2 Å². The summed E-state index contributed by atoms with van der Waals surface area (Å²) in [5.74, 6) is 0.600. The minimum Gasteiger partial charge on any atom is -0.465 e. The molecule has 2 heterocycles. The van der Waals surface area contributed by atoms with Crippen molar-refractivity contribution in [3.63, 3.8) is 0 Å². The predicted octanol–water partition coefficient (Wildman–Crippen LogP) is 1.61. The maximum Gasteiger partial charge on any atom is 0.339 e. The van der Waals surface area contributed by atoms with Crippen LogP contribution in [0.2, 0.25) is 0 Å². The van der Waals surface area contributed by atoms with Gasteiger partial charge in [-0.1, -0.05) is 6.92 Å². The van der Waals surface area contributed by atoms with Crippen molar-refractivity contribution in [1.29, 1.82) is 0 Å². The highest BCUT2D eigenvalue weighted by molar-refractivity contribution is 5.88. The highest BCUT2D eigenvalue weighted by Crippen LogP contribution is 2.06. The molecule has 0 atom stereocenters. The molecule has 6 heteroatoms. The van der Waals surface area contributed by atoms with Crippen LogP contribution in [0.25, 0.3) is 0 Å². The molecule has 0 unspecified atom stereocenters. The van der Waals surface area contributed by atoms with Gasteiger partial charge in [0.1, 0.15) is 5.82 Å². The van der Waals surface area contributed by atoms with Crippen LogP contribution < -0.4 is 5.32 Å². The van der Waals surface area contributed by atoms with Gasteiger partial charge in [-0.25, -0.2) is 9.78 Å². The summed E-state index contributed by atoms with van der Waals surface area (Å²) in [7, 11) is 1.36.